The van der Waals surface area contributed by atoms with Crippen molar-refractivity contribution >= 4 is 33.2 Å². The molecule has 0 amide bonds. The van der Waals surface area contributed by atoms with Gasteiger partial charge in [-0.1, -0.05) is 13.8 Å². The van der Waals surface area contributed by atoms with E-state index in [4.69, 9.17) is 10.5 Å². The first kappa shape index (κ1) is 14.7. The van der Waals surface area contributed by atoms with Crippen molar-refractivity contribution in [3.05, 3.63) is 20.8 Å². The Morgan fingerprint density at radius 1 is 1.59 bits per heavy atom. The monoisotopic (exact) mass is 319 g/mol. The standard InChI is InChI=1S/C12H18BrNO2S/c1-12(2,7-11(15)16-3)6-8(14)9-4-5-10(13)17-9/h4-5,8H,6-7,14H2,1-3H3. The number of hydrogen-bond acceptors (Lipinski definition) is 4. The Labute approximate surface area is 114 Å². The molecule has 1 heterocycles. The first-order valence-electron chi connectivity index (χ1n) is 5.42. The molecule has 1 atom stereocenters. The number of carbonyl (C=O) groups is 1. The van der Waals surface area contributed by atoms with Crippen LogP contribution >= 0.6 is 27.3 Å². The summed E-state index contributed by atoms with van der Waals surface area (Å²) in [7, 11) is 1.41. The van der Waals surface area contributed by atoms with Gasteiger partial charge in [0.25, 0.3) is 0 Å². The summed E-state index contributed by atoms with van der Waals surface area (Å²) < 4.78 is 5.77. The maximum absolute atomic E-state index is 11.3. The zero-order chi connectivity index (χ0) is 13.1. The number of hydrogen-bond donors (Lipinski definition) is 1. The molecule has 5 heteroatoms. The molecule has 96 valence electrons. The van der Waals surface area contributed by atoms with Gasteiger partial charge in [-0.2, -0.15) is 0 Å². The molecule has 2 N–H and O–H groups in total. The molecule has 3 nitrogen and oxygen atoms in total. The summed E-state index contributed by atoms with van der Waals surface area (Å²) >= 11 is 5.06. The van der Waals surface area contributed by atoms with Gasteiger partial charge in [0.1, 0.15) is 0 Å². The highest BCUT2D eigenvalue weighted by molar-refractivity contribution is 9.11. The highest BCUT2D eigenvalue weighted by Crippen LogP contribution is 2.35. The largest absolute Gasteiger partial charge is 0.469 e. The lowest BCUT2D eigenvalue weighted by molar-refractivity contribution is -0.143. The van der Waals surface area contributed by atoms with Crippen molar-refractivity contribution in [1.82, 2.24) is 0 Å². The van der Waals surface area contributed by atoms with Gasteiger partial charge in [0.05, 0.1) is 17.3 Å². The molecule has 0 aromatic carbocycles. The Bertz CT molecular complexity index is 390. The Kier molecular flexibility index (Phi) is 5.16. The SMILES string of the molecule is COC(=O)CC(C)(C)CC(N)c1ccc(Br)s1. The van der Waals surface area contributed by atoms with Gasteiger partial charge in [0.15, 0.2) is 0 Å². The Balaban J connectivity index is 2.60. The van der Waals surface area contributed by atoms with Crippen molar-refractivity contribution in [2.24, 2.45) is 11.1 Å². The minimum atomic E-state index is -0.186. The number of carbonyl (C=O) groups excluding carboxylic acids is 1. The summed E-state index contributed by atoms with van der Waals surface area (Å²) in [5, 5.41) is 0. The summed E-state index contributed by atoms with van der Waals surface area (Å²) in [6, 6.07) is 3.98. The third-order valence-corrected chi connectivity index (χ3v) is 4.34. The normalized spacial score (nSPS) is 13.5. The highest BCUT2D eigenvalue weighted by atomic mass is 79.9. The molecule has 1 aromatic rings. The highest BCUT2D eigenvalue weighted by Gasteiger charge is 2.26. The molecule has 0 saturated heterocycles. The van der Waals surface area contributed by atoms with E-state index in [0.717, 1.165) is 15.1 Å². The van der Waals surface area contributed by atoms with E-state index >= 15 is 0 Å². The summed E-state index contributed by atoms with van der Waals surface area (Å²) in [5.41, 5.74) is 6.00. The zero-order valence-corrected chi connectivity index (χ0v) is 12.7. The minimum absolute atomic E-state index is 0.0362. The molecule has 1 unspecified atom stereocenters. The zero-order valence-electron chi connectivity index (χ0n) is 10.3. The van der Waals surface area contributed by atoms with Crippen molar-refractivity contribution in [3.63, 3.8) is 0 Å². The topological polar surface area (TPSA) is 52.3 Å². The van der Waals surface area contributed by atoms with Gasteiger partial charge in [-0.15, -0.1) is 11.3 Å². The number of thiophene rings is 1. The lowest BCUT2D eigenvalue weighted by atomic mass is 9.82. The number of rotatable bonds is 5. The Morgan fingerprint density at radius 2 is 2.24 bits per heavy atom. The van der Waals surface area contributed by atoms with Gasteiger partial charge in [-0.25, -0.2) is 0 Å². The van der Waals surface area contributed by atoms with E-state index in [2.05, 4.69) is 15.9 Å². The van der Waals surface area contributed by atoms with E-state index in [1.165, 1.54) is 7.11 Å². The second-order valence-corrected chi connectivity index (χ2v) is 7.36. The van der Waals surface area contributed by atoms with Crippen LogP contribution in [0, 0.1) is 5.41 Å². The van der Waals surface area contributed by atoms with Crippen molar-refractivity contribution in [3.8, 4) is 0 Å². The van der Waals surface area contributed by atoms with Crippen LogP contribution in [0.1, 0.15) is 37.6 Å². The van der Waals surface area contributed by atoms with Crippen LogP contribution in [0.2, 0.25) is 0 Å². The van der Waals surface area contributed by atoms with Crippen molar-refractivity contribution in [2.75, 3.05) is 7.11 Å². The van der Waals surface area contributed by atoms with Gasteiger partial charge in [0, 0.05) is 10.9 Å². The molecule has 17 heavy (non-hydrogen) atoms. The van der Waals surface area contributed by atoms with Crippen LogP contribution in [0.25, 0.3) is 0 Å². The van der Waals surface area contributed by atoms with E-state index in [1.807, 2.05) is 26.0 Å². The third kappa shape index (κ3) is 4.77. The van der Waals surface area contributed by atoms with Gasteiger partial charge in [-0.05, 0) is 39.9 Å². The molecule has 1 rings (SSSR count). The van der Waals surface area contributed by atoms with Gasteiger partial charge in [-0.3, -0.25) is 4.79 Å². The first-order valence-corrected chi connectivity index (χ1v) is 7.02. The van der Waals surface area contributed by atoms with E-state index in [-0.39, 0.29) is 17.4 Å². The molecule has 0 spiro atoms. The van der Waals surface area contributed by atoms with Crippen LogP contribution in [0.4, 0.5) is 0 Å². The van der Waals surface area contributed by atoms with Crippen LogP contribution in [-0.2, 0) is 9.53 Å². The van der Waals surface area contributed by atoms with E-state index < -0.39 is 0 Å². The van der Waals surface area contributed by atoms with Gasteiger partial charge < -0.3 is 10.5 Å². The van der Waals surface area contributed by atoms with Crippen molar-refractivity contribution < 1.29 is 9.53 Å². The molecule has 0 bridgehead atoms. The quantitative estimate of drug-likeness (QED) is 0.845. The molecular weight excluding hydrogens is 302 g/mol. The third-order valence-electron chi connectivity index (χ3n) is 2.58. The summed E-state index contributed by atoms with van der Waals surface area (Å²) in [6.45, 7) is 4.07. The van der Waals surface area contributed by atoms with Crippen LogP contribution in [0.3, 0.4) is 0 Å². The number of methoxy groups -OCH3 is 1. The minimum Gasteiger partial charge on any atom is -0.469 e. The van der Waals surface area contributed by atoms with E-state index in [1.54, 1.807) is 11.3 Å². The average molecular weight is 320 g/mol. The summed E-state index contributed by atoms with van der Waals surface area (Å²) in [4.78, 5) is 12.4. The number of nitrogens with two attached hydrogens (primary N) is 1. The maximum Gasteiger partial charge on any atom is 0.306 e. The number of halogens is 1. The molecule has 0 aliphatic carbocycles. The van der Waals surface area contributed by atoms with Crippen molar-refractivity contribution in [1.29, 1.82) is 0 Å². The van der Waals surface area contributed by atoms with Crippen LogP contribution in [-0.4, -0.2) is 13.1 Å². The molecule has 0 fully saturated rings. The Morgan fingerprint density at radius 3 is 2.71 bits per heavy atom. The fraction of sp³-hybridized carbons (Fsp3) is 0.583. The average Bonchev–Trinajstić information content (AvgIpc) is 2.63. The fourth-order valence-corrected chi connectivity index (χ4v) is 3.18. The Hall–Kier alpha value is -0.390. The predicted octanol–water partition coefficient (Wildman–Crippen LogP) is 3.49. The molecule has 0 aliphatic rings. The second kappa shape index (κ2) is 5.98. The van der Waals surface area contributed by atoms with E-state index in [9.17, 15) is 4.79 Å². The van der Waals surface area contributed by atoms with Crippen LogP contribution in [0.5, 0.6) is 0 Å². The summed E-state index contributed by atoms with van der Waals surface area (Å²) in [5.74, 6) is -0.186. The molecular formula is C12H18BrNO2S. The lowest BCUT2D eigenvalue weighted by Gasteiger charge is -2.26. The predicted molar refractivity (Wildman–Crippen MR) is 74.0 cm³/mol. The van der Waals surface area contributed by atoms with E-state index in [0.29, 0.717) is 6.42 Å². The molecule has 0 saturated carbocycles. The smallest absolute Gasteiger partial charge is 0.306 e. The lowest BCUT2D eigenvalue weighted by Crippen LogP contribution is -2.24. The van der Waals surface area contributed by atoms with Crippen LogP contribution < -0.4 is 5.73 Å². The van der Waals surface area contributed by atoms with Crippen molar-refractivity contribution in [2.45, 2.75) is 32.7 Å². The fourth-order valence-electron chi connectivity index (χ4n) is 1.76. The molecule has 1 aromatic heterocycles. The molecule has 0 aliphatic heterocycles. The number of esters is 1. The molecule has 0 radical (unpaired) electrons. The number of ether oxygens (including phenoxy) is 1. The van der Waals surface area contributed by atoms with Gasteiger partial charge in [0.2, 0.25) is 0 Å². The second-order valence-electron chi connectivity index (χ2n) is 4.87. The van der Waals surface area contributed by atoms with Crippen LogP contribution in [0.15, 0.2) is 15.9 Å². The van der Waals surface area contributed by atoms with Gasteiger partial charge >= 0.3 is 5.97 Å². The summed E-state index contributed by atoms with van der Waals surface area (Å²) in [6.07, 6.45) is 1.15. The first-order chi connectivity index (χ1) is 7.84. The maximum atomic E-state index is 11.3.